The second kappa shape index (κ2) is 3.34. The van der Waals surface area contributed by atoms with E-state index in [0.717, 1.165) is 5.69 Å². The Kier molecular flexibility index (Phi) is 2.26. The van der Waals surface area contributed by atoms with Crippen LogP contribution in [0.1, 0.15) is 33.4 Å². The average molecular weight is 199 g/mol. The lowest BCUT2D eigenvalue weighted by molar-refractivity contribution is 0.607. The van der Waals surface area contributed by atoms with E-state index in [-0.39, 0.29) is 5.41 Å². The molecule has 0 N–H and O–H groups in total. The van der Waals surface area contributed by atoms with Crippen molar-refractivity contribution in [3.05, 3.63) is 47.3 Å². The fraction of sp³-hybridized carbons (Fsp3) is 0.357. The van der Waals surface area contributed by atoms with E-state index in [9.17, 15) is 0 Å². The van der Waals surface area contributed by atoms with Gasteiger partial charge in [-0.2, -0.15) is 0 Å². The quantitative estimate of drug-likeness (QED) is 0.669. The van der Waals surface area contributed by atoms with Crippen molar-refractivity contribution in [1.29, 1.82) is 0 Å². The van der Waals surface area contributed by atoms with Crippen LogP contribution >= 0.6 is 0 Å². The smallest absolute Gasteiger partial charge is 0.0670 e. The second-order valence-corrected chi connectivity index (χ2v) is 4.71. The normalized spacial score (nSPS) is 19.3. The summed E-state index contributed by atoms with van der Waals surface area (Å²) in [6.07, 6.45) is 4.12. The molecule has 1 aliphatic rings. The molecule has 0 unspecified atom stereocenters. The maximum atomic E-state index is 4.43. The summed E-state index contributed by atoms with van der Waals surface area (Å²) in [7, 11) is 0. The Morgan fingerprint density at radius 2 is 1.87 bits per heavy atom. The van der Waals surface area contributed by atoms with Crippen LogP contribution in [0.2, 0.25) is 0 Å². The Morgan fingerprint density at radius 3 is 2.33 bits per heavy atom. The van der Waals surface area contributed by atoms with Crippen LogP contribution in [0, 0.1) is 5.41 Å². The van der Waals surface area contributed by atoms with E-state index in [0.29, 0.717) is 0 Å². The largest absolute Gasteiger partial charge is 0.257 e. The zero-order chi connectivity index (χ0) is 11.1. The Balaban J connectivity index is 2.48. The number of nitrogens with zero attached hydrogens (tertiary/aromatic N) is 1. The number of hydrogen-bond donors (Lipinski definition) is 0. The van der Waals surface area contributed by atoms with Gasteiger partial charge in [0.25, 0.3) is 0 Å². The van der Waals surface area contributed by atoms with Crippen molar-refractivity contribution in [1.82, 2.24) is 4.98 Å². The summed E-state index contributed by atoms with van der Waals surface area (Å²) in [6, 6.07) is 6.08. The van der Waals surface area contributed by atoms with E-state index in [4.69, 9.17) is 0 Å². The van der Waals surface area contributed by atoms with E-state index in [1.165, 1.54) is 16.7 Å². The average Bonchev–Trinajstić information content (AvgIpc) is 2.43. The van der Waals surface area contributed by atoms with E-state index in [1.807, 2.05) is 18.3 Å². The van der Waals surface area contributed by atoms with Gasteiger partial charge in [0.1, 0.15) is 0 Å². The number of rotatable bonds is 1. The van der Waals surface area contributed by atoms with E-state index >= 15 is 0 Å². The molecule has 1 heteroatoms. The molecule has 0 saturated heterocycles. The van der Waals surface area contributed by atoms with Crippen LogP contribution in [0.4, 0.5) is 0 Å². The maximum Gasteiger partial charge on any atom is 0.0670 e. The molecule has 1 nitrogen and oxygen atoms in total. The number of allylic oxidation sites excluding steroid dienone is 4. The van der Waals surface area contributed by atoms with Crippen molar-refractivity contribution in [2.24, 2.45) is 5.41 Å². The molecule has 1 heterocycles. The summed E-state index contributed by atoms with van der Waals surface area (Å²) in [5.41, 5.74) is 5.37. The summed E-state index contributed by atoms with van der Waals surface area (Å²) >= 11 is 0. The predicted molar refractivity (Wildman–Crippen MR) is 64.4 cm³/mol. The molecular formula is C14H17N. The molecule has 1 aliphatic carbocycles. The molecule has 1 aromatic heterocycles. The van der Waals surface area contributed by atoms with E-state index < -0.39 is 0 Å². The standard InChI is InChI=1S/C14H17N/c1-10-9-12(14(3,4)11(10)2)13-7-5-6-8-15-13/h5-9H,1-4H3. The van der Waals surface area contributed by atoms with Gasteiger partial charge in [0.2, 0.25) is 0 Å². The third-order valence-electron chi connectivity index (χ3n) is 3.50. The highest BCUT2D eigenvalue weighted by molar-refractivity contribution is 5.77. The Morgan fingerprint density at radius 1 is 1.13 bits per heavy atom. The van der Waals surface area contributed by atoms with E-state index in [1.54, 1.807) is 0 Å². The minimum absolute atomic E-state index is 0.123. The van der Waals surface area contributed by atoms with Crippen molar-refractivity contribution < 1.29 is 0 Å². The molecule has 15 heavy (non-hydrogen) atoms. The first kappa shape index (κ1) is 10.2. The van der Waals surface area contributed by atoms with Gasteiger partial charge in [-0.3, -0.25) is 4.98 Å². The van der Waals surface area contributed by atoms with Gasteiger partial charge in [-0.1, -0.05) is 37.1 Å². The SMILES string of the molecule is CC1=C(C)C(C)(C)C(c2ccccn2)=C1. The van der Waals surface area contributed by atoms with Crippen LogP contribution in [0.3, 0.4) is 0 Å². The molecule has 1 aromatic rings. The first-order valence-electron chi connectivity index (χ1n) is 5.35. The van der Waals surface area contributed by atoms with Gasteiger partial charge in [0.05, 0.1) is 5.69 Å². The molecule has 2 rings (SSSR count). The first-order chi connectivity index (χ1) is 7.03. The van der Waals surface area contributed by atoms with Gasteiger partial charge in [0.15, 0.2) is 0 Å². The van der Waals surface area contributed by atoms with Crippen molar-refractivity contribution in [3.8, 4) is 0 Å². The molecule has 0 aromatic carbocycles. The zero-order valence-electron chi connectivity index (χ0n) is 9.83. The van der Waals surface area contributed by atoms with Crippen LogP contribution in [0.25, 0.3) is 5.57 Å². The van der Waals surface area contributed by atoms with Crippen molar-refractivity contribution >= 4 is 5.57 Å². The molecule has 0 atom stereocenters. The Hall–Kier alpha value is -1.37. The summed E-state index contributed by atoms with van der Waals surface area (Å²) in [5.74, 6) is 0. The van der Waals surface area contributed by atoms with Crippen molar-refractivity contribution in [3.63, 3.8) is 0 Å². The lowest BCUT2D eigenvalue weighted by Gasteiger charge is -2.25. The van der Waals surface area contributed by atoms with Gasteiger partial charge in [-0.25, -0.2) is 0 Å². The van der Waals surface area contributed by atoms with Crippen LogP contribution in [0.5, 0.6) is 0 Å². The maximum absolute atomic E-state index is 4.43. The van der Waals surface area contributed by atoms with Gasteiger partial charge in [0, 0.05) is 11.6 Å². The fourth-order valence-electron chi connectivity index (χ4n) is 2.12. The van der Waals surface area contributed by atoms with Crippen LogP contribution in [-0.4, -0.2) is 4.98 Å². The third kappa shape index (κ3) is 1.52. The zero-order valence-corrected chi connectivity index (χ0v) is 9.83. The van der Waals surface area contributed by atoms with Gasteiger partial charge >= 0.3 is 0 Å². The Labute approximate surface area is 91.6 Å². The van der Waals surface area contributed by atoms with Crippen LogP contribution < -0.4 is 0 Å². The first-order valence-corrected chi connectivity index (χ1v) is 5.35. The van der Waals surface area contributed by atoms with Crippen molar-refractivity contribution in [2.75, 3.05) is 0 Å². The summed E-state index contributed by atoms with van der Waals surface area (Å²) in [4.78, 5) is 4.43. The monoisotopic (exact) mass is 199 g/mol. The molecule has 0 spiro atoms. The van der Waals surface area contributed by atoms with Crippen LogP contribution in [0.15, 0.2) is 41.6 Å². The molecule has 0 saturated carbocycles. The minimum Gasteiger partial charge on any atom is -0.257 e. The number of pyridine rings is 1. The van der Waals surface area contributed by atoms with Crippen LogP contribution in [-0.2, 0) is 0 Å². The number of aromatic nitrogens is 1. The molecule has 78 valence electrons. The molecule has 0 amide bonds. The predicted octanol–water partition coefficient (Wildman–Crippen LogP) is 3.84. The molecule has 0 fully saturated rings. The Bertz CT molecular complexity index is 436. The minimum atomic E-state index is 0.123. The summed E-state index contributed by atoms with van der Waals surface area (Å²) in [5, 5.41) is 0. The third-order valence-corrected chi connectivity index (χ3v) is 3.50. The van der Waals surface area contributed by atoms with Gasteiger partial charge in [-0.15, -0.1) is 0 Å². The van der Waals surface area contributed by atoms with Gasteiger partial charge in [-0.05, 0) is 31.6 Å². The highest BCUT2D eigenvalue weighted by Gasteiger charge is 2.32. The highest BCUT2D eigenvalue weighted by atomic mass is 14.7. The lowest BCUT2D eigenvalue weighted by atomic mass is 9.80. The van der Waals surface area contributed by atoms with Gasteiger partial charge < -0.3 is 0 Å². The van der Waals surface area contributed by atoms with Crippen molar-refractivity contribution in [2.45, 2.75) is 27.7 Å². The molecule has 0 aliphatic heterocycles. The second-order valence-electron chi connectivity index (χ2n) is 4.71. The molecule has 0 radical (unpaired) electrons. The topological polar surface area (TPSA) is 12.9 Å². The highest BCUT2D eigenvalue weighted by Crippen LogP contribution is 2.46. The lowest BCUT2D eigenvalue weighted by Crippen LogP contribution is -2.13. The molecule has 0 bridgehead atoms. The molecular weight excluding hydrogens is 182 g/mol. The fourth-order valence-corrected chi connectivity index (χ4v) is 2.12. The summed E-state index contributed by atoms with van der Waals surface area (Å²) < 4.78 is 0. The summed E-state index contributed by atoms with van der Waals surface area (Å²) in [6.45, 7) is 8.91. The number of hydrogen-bond acceptors (Lipinski definition) is 1. The van der Waals surface area contributed by atoms with E-state index in [2.05, 4.69) is 44.8 Å².